The quantitative estimate of drug-likeness (QED) is 0.866. The van der Waals surface area contributed by atoms with Gasteiger partial charge in [-0.2, -0.15) is 0 Å². The SMILES string of the molecule is O=C(Nc1ccc(N2CCCCC2)cc1)N1CCN(c2ccccc2F)CC1. The number of anilines is 3. The lowest BCUT2D eigenvalue weighted by atomic mass is 10.1. The Kier molecular flexibility index (Phi) is 5.65. The van der Waals surface area contributed by atoms with Crippen LogP contribution in [0.3, 0.4) is 0 Å². The minimum Gasteiger partial charge on any atom is -0.372 e. The molecule has 2 heterocycles. The molecule has 2 aliphatic heterocycles. The standard InChI is InChI=1S/C22H27FN4O/c23-20-6-2-3-7-21(20)26-14-16-27(17-15-26)22(28)24-18-8-10-19(11-9-18)25-12-4-1-5-13-25/h2-3,6-11H,1,4-5,12-17H2,(H,24,28). The van der Waals surface area contributed by atoms with Gasteiger partial charge < -0.3 is 20.0 Å². The molecular formula is C22H27FN4O. The number of hydrogen-bond acceptors (Lipinski definition) is 3. The van der Waals surface area contributed by atoms with Crippen molar-refractivity contribution in [3.8, 4) is 0 Å². The van der Waals surface area contributed by atoms with Crippen LogP contribution in [0.1, 0.15) is 19.3 Å². The Balaban J connectivity index is 1.30. The van der Waals surface area contributed by atoms with Crippen LogP contribution < -0.4 is 15.1 Å². The van der Waals surface area contributed by atoms with E-state index in [1.54, 1.807) is 17.0 Å². The Morgan fingerprint density at radius 1 is 0.786 bits per heavy atom. The van der Waals surface area contributed by atoms with E-state index in [2.05, 4.69) is 22.3 Å². The fourth-order valence-electron chi connectivity index (χ4n) is 3.97. The van der Waals surface area contributed by atoms with Crippen LogP contribution >= 0.6 is 0 Å². The van der Waals surface area contributed by atoms with Crippen molar-refractivity contribution in [2.45, 2.75) is 19.3 Å². The molecule has 28 heavy (non-hydrogen) atoms. The van der Waals surface area contributed by atoms with Gasteiger partial charge in [0.15, 0.2) is 0 Å². The Bertz CT molecular complexity index is 796. The Hall–Kier alpha value is -2.76. The molecule has 0 saturated carbocycles. The summed E-state index contributed by atoms with van der Waals surface area (Å²) >= 11 is 0. The van der Waals surface area contributed by atoms with E-state index in [-0.39, 0.29) is 11.8 Å². The number of halogens is 1. The third kappa shape index (κ3) is 4.21. The monoisotopic (exact) mass is 382 g/mol. The van der Waals surface area contributed by atoms with E-state index in [0.717, 1.165) is 18.8 Å². The number of piperazine rings is 1. The van der Waals surface area contributed by atoms with Gasteiger partial charge in [0.2, 0.25) is 0 Å². The Labute approximate surface area is 165 Å². The molecule has 148 valence electrons. The highest BCUT2D eigenvalue weighted by atomic mass is 19.1. The first-order valence-electron chi connectivity index (χ1n) is 10.1. The molecule has 0 spiro atoms. The summed E-state index contributed by atoms with van der Waals surface area (Å²) in [5.74, 6) is -0.214. The van der Waals surface area contributed by atoms with Crippen LogP contribution in [0, 0.1) is 5.82 Å². The molecule has 0 aliphatic carbocycles. The predicted octanol–water partition coefficient (Wildman–Crippen LogP) is 4.17. The van der Waals surface area contributed by atoms with Crippen molar-refractivity contribution in [1.29, 1.82) is 0 Å². The van der Waals surface area contributed by atoms with Crippen molar-refractivity contribution >= 4 is 23.1 Å². The van der Waals surface area contributed by atoms with Gasteiger partial charge >= 0.3 is 6.03 Å². The molecule has 2 amide bonds. The highest BCUT2D eigenvalue weighted by molar-refractivity contribution is 5.89. The number of rotatable bonds is 3. The number of para-hydroxylation sites is 1. The number of hydrogen-bond donors (Lipinski definition) is 1. The molecule has 6 heteroatoms. The van der Waals surface area contributed by atoms with Crippen LogP contribution in [-0.4, -0.2) is 50.2 Å². The first kappa shape index (κ1) is 18.6. The number of carbonyl (C=O) groups is 1. The van der Waals surface area contributed by atoms with Crippen LogP contribution in [0.15, 0.2) is 48.5 Å². The van der Waals surface area contributed by atoms with E-state index in [1.165, 1.54) is 31.0 Å². The van der Waals surface area contributed by atoms with Gasteiger partial charge in [-0.15, -0.1) is 0 Å². The minimum atomic E-state index is -0.214. The average Bonchev–Trinajstić information content (AvgIpc) is 2.75. The lowest BCUT2D eigenvalue weighted by molar-refractivity contribution is 0.208. The fourth-order valence-corrected chi connectivity index (χ4v) is 3.97. The van der Waals surface area contributed by atoms with Crippen LogP contribution in [0.5, 0.6) is 0 Å². The predicted molar refractivity (Wildman–Crippen MR) is 112 cm³/mol. The number of benzene rings is 2. The number of nitrogens with zero attached hydrogens (tertiary/aromatic N) is 3. The number of urea groups is 1. The zero-order valence-corrected chi connectivity index (χ0v) is 16.1. The largest absolute Gasteiger partial charge is 0.372 e. The van der Waals surface area contributed by atoms with E-state index in [1.807, 2.05) is 23.1 Å². The van der Waals surface area contributed by atoms with Gasteiger partial charge in [0.25, 0.3) is 0 Å². The maximum atomic E-state index is 13.9. The van der Waals surface area contributed by atoms with E-state index in [9.17, 15) is 9.18 Å². The third-order valence-electron chi connectivity index (χ3n) is 5.60. The van der Waals surface area contributed by atoms with E-state index in [4.69, 9.17) is 0 Å². The highest BCUT2D eigenvalue weighted by Crippen LogP contribution is 2.23. The van der Waals surface area contributed by atoms with Crippen molar-refractivity contribution in [3.63, 3.8) is 0 Å². The maximum Gasteiger partial charge on any atom is 0.321 e. The van der Waals surface area contributed by atoms with Gasteiger partial charge in [0.05, 0.1) is 5.69 Å². The van der Waals surface area contributed by atoms with Gasteiger partial charge in [-0.1, -0.05) is 12.1 Å². The number of carbonyl (C=O) groups excluding carboxylic acids is 1. The zero-order valence-electron chi connectivity index (χ0n) is 16.1. The summed E-state index contributed by atoms with van der Waals surface area (Å²) in [6.07, 6.45) is 3.81. The molecule has 2 fully saturated rings. The summed E-state index contributed by atoms with van der Waals surface area (Å²) in [5, 5.41) is 2.98. The molecule has 0 bridgehead atoms. The van der Waals surface area contributed by atoms with Gasteiger partial charge in [0, 0.05) is 50.6 Å². The average molecular weight is 382 g/mol. The molecule has 2 aromatic rings. The van der Waals surface area contributed by atoms with Crippen molar-refractivity contribution in [2.24, 2.45) is 0 Å². The summed E-state index contributed by atoms with van der Waals surface area (Å²) in [4.78, 5) is 18.8. The van der Waals surface area contributed by atoms with Crippen LogP contribution in [-0.2, 0) is 0 Å². The van der Waals surface area contributed by atoms with Gasteiger partial charge in [-0.05, 0) is 55.7 Å². The first-order valence-corrected chi connectivity index (χ1v) is 10.1. The van der Waals surface area contributed by atoms with Crippen LogP contribution in [0.4, 0.5) is 26.2 Å². The lowest BCUT2D eigenvalue weighted by Crippen LogP contribution is -2.50. The summed E-state index contributed by atoms with van der Waals surface area (Å²) in [6.45, 7) is 4.62. The molecule has 1 N–H and O–H groups in total. The summed E-state index contributed by atoms with van der Waals surface area (Å²) < 4.78 is 13.9. The van der Waals surface area contributed by atoms with E-state index >= 15 is 0 Å². The number of amides is 2. The topological polar surface area (TPSA) is 38.8 Å². The summed E-state index contributed by atoms with van der Waals surface area (Å²) in [6, 6.07) is 14.8. The van der Waals surface area contributed by atoms with Gasteiger partial charge in [-0.25, -0.2) is 9.18 Å². The zero-order chi connectivity index (χ0) is 19.3. The van der Waals surface area contributed by atoms with Crippen LogP contribution in [0.25, 0.3) is 0 Å². The highest BCUT2D eigenvalue weighted by Gasteiger charge is 2.22. The molecule has 5 nitrogen and oxygen atoms in total. The molecule has 2 saturated heterocycles. The minimum absolute atomic E-state index is 0.0982. The number of nitrogens with one attached hydrogen (secondary N) is 1. The summed E-state index contributed by atoms with van der Waals surface area (Å²) in [7, 11) is 0. The van der Waals surface area contributed by atoms with Crippen molar-refractivity contribution in [1.82, 2.24) is 4.90 Å². The van der Waals surface area contributed by atoms with E-state index < -0.39 is 0 Å². The molecular weight excluding hydrogens is 355 g/mol. The van der Waals surface area contributed by atoms with E-state index in [0.29, 0.717) is 31.9 Å². The molecule has 0 aromatic heterocycles. The van der Waals surface area contributed by atoms with Gasteiger partial charge in [0.1, 0.15) is 5.82 Å². The summed E-state index contributed by atoms with van der Waals surface area (Å²) in [5.41, 5.74) is 2.63. The molecule has 4 rings (SSSR count). The van der Waals surface area contributed by atoms with Crippen molar-refractivity contribution in [2.75, 3.05) is 54.4 Å². The van der Waals surface area contributed by atoms with Crippen LogP contribution in [0.2, 0.25) is 0 Å². The maximum absolute atomic E-state index is 13.9. The number of piperidine rings is 1. The van der Waals surface area contributed by atoms with Gasteiger partial charge in [-0.3, -0.25) is 0 Å². The first-order chi connectivity index (χ1) is 13.7. The lowest BCUT2D eigenvalue weighted by Gasteiger charge is -2.36. The molecule has 0 unspecified atom stereocenters. The molecule has 0 atom stereocenters. The van der Waals surface area contributed by atoms with Crippen molar-refractivity contribution in [3.05, 3.63) is 54.3 Å². The molecule has 0 radical (unpaired) electrons. The molecule has 2 aromatic carbocycles. The molecule has 2 aliphatic rings. The Morgan fingerprint density at radius 2 is 1.46 bits per heavy atom. The van der Waals surface area contributed by atoms with Crippen molar-refractivity contribution < 1.29 is 9.18 Å². The second-order valence-corrected chi connectivity index (χ2v) is 7.45. The fraction of sp³-hybridized carbons (Fsp3) is 0.409. The third-order valence-corrected chi connectivity index (χ3v) is 5.60. The normalized spacial score (nSPS) is 17.5. The second-order valence-electron chi connectivity index (χ2n) is 7.45. The smallest absolute Gasteiger partial charge is 0.321 e. The second kappa shape index (κ2) is 8.50. The Morgan fingerprint density at radius 3 is 2.14 bits per heavy atom.